The van der Waals surface area contributed by atoms with Gasteiger partial charge in [0.15, 0.2) is 0 Å². The first kappa shape index (κ1) is 12.1. The van der Waals surface area contributed by atoms with E-state index >= 15 is 0 Å². The summed E-state index contributed by atoms with van der Waals surface area (Å²) in [5, 5.41) is 13.3. The van der Waals surface area contributed by atoms with E-state index in [-0.39, 0.29) is 0 Å². The first-order chi connectivity index (χ1) is 8.11. The number of aromatic nitrogens is 2. The molecule has 4 heteroatoms. The van der Waals surface area contributed by atoms with Gasteiger partial charge < -0.3 is 5.11 Å². The molecule has 0 radical (unpaired) electrons. The summed E-state index contributed by atoms with van der Waals surface area (Å²) in [6, 6.07) is 0.393. The van der Waals surface area contributed by atoms with E-state index < -0.39 is 5.97 Å². The molecule has 0 bridgehead atoms. The van der Waals surface area contributed by atoms with Crippen LogP contribution in [0.15, 0.2) is 6.20 Å². The summed E-state index contributed by atoms with van der Waals surface area (Å²) in [6.07, 6.45) is 7.67. The Morgan fingerprint density at radius 2 is 2.12 bits per heavy atom. The lowest BCUT2D eigenvalue weighted by molar-refractivity contribution is 0.0696. The summed E-state index contributed by atoms with van der Waals surface area (Å²) in [7, 11) is 0. The lowest BCUT2D eigenvalue weighted by Crippen LogP contribution is -2.18. The molecule has 0 saturated heterocycles. The van der Waals surface area contributed by atoms with Crippen LogP contribution in [-0.4, -0.2) is 20.9 Å². The predicted octanol–water partition coefficient (Wildman–Crippen LogP) is 3.03. The van der Waals surface area contributed by atoms with Crippen molar-refractivity contribution >= 4 is 5.97 Å². The topological polar surface area (TPSA) is 55.1 Å². The lowest BCUT2D eigenvalue weighted by atomic mass is 9.85. The average molecular weight is 236 g/mol. The van der Waals surface area contributed by atoms with Crippen molar-refractivity contribution in [2.24, 2.45) is 5.92 Å². The summed E-state index contributed by atoms with van der Waals surface area (Å²) < 4.78 is 1.87. The number of aromatic carboxylic acids is 1. The Hall–Kier alpha value is -1.32. The molecule has 1 aliphatic rings. The second-order valence-electron chi connectivity index (χ2n) is 5.00. The van der Waals surface area contributed by atoms with Crippen LogP contribution in [0.5, 0.6) is 0 Å². The summed E-state index contributed by atoms with van der Waals surface area (Å²) >= 11 is 0. The van der Waals surface area contributed by atoms with Gasteiger partial charge in [-0.15, -0.1) is 0 Å². The van der Waals surface area contributed by atoms with Crippen LogP contribution in [0.25, 0.3) is 0 Å². The SMILES string of the molecule is CCC1CCC(n2cc(C(=O)O)c(C)n2)CC1. The van der Waals surface area contributed by atoms with Gasteiger partial charge in [0.25, 0.3) is 0 Å². The van der Waals surface area contributed by atoms with Crippen LogP contribution < -0.4 is 0 Å². The average Bonchev–Trinajstić information content (AvgIpc) is 2.71. The van der Waals surface area contributed by atoms with E-state index in [2.05, 4.69) is 12.0 Å². The standard InChI is InChI=1S/C13H20N2O2/c1-3-10-4-6-11(7-5-10)15-8-12(13(16)17)9(2)14-15/h8,10-11H,3-7H2,1-2H3,(H,16,17). The number of hydrogen-bond acceptors (Lipinski definition) is 2. The van der Waals surface area contributed by atoms with E-state index in [1.165, 1.54) is 19.3 Å². The van der Waals surface area contributed by atoms with Crippen molar-refractivity contribution in [3.8, 4) is 0 Å². The molecule has 0 unspecified atom stereocenters. The Kier molecular flexibility index (Phi) is 3.50. The Labute approximate surface area is 102 Å². The van der Waals surface area contributed by atoms with Crippen LogP contribution >= 0.6 is 0 Å². The summed E-state index contributed by atoms with van der Waals surface area (Å²) in [5.74, 6) is -0.0298. The van der Waals surface area contributed by atoms with Crippen LogP contribution in [0.1, 0.15) is 61.1 Å². The van der Waals surface area contributed by atoms with Crippen LogP contribution in [0.4, 0.5) is 0 Å². The van der Waals surface area contributed by atoms with Gasteiger partial charge in [0.2, 0.25) is 0 Å². The Bertz CT molecular complexity index is 404. The monoisotopic (exact) mass is 236 g/mol. The number of aryl methyl sites for hydroxylation is 1. The first-order valence-electron chi connectivity index (χ1n) is 6.40. The molecular weight excluding hydrogens is 216 g/mol. The van der Waals surface area contributed by atoms with Gasteiger partial charge in [0, 0.05) is 6.20 Å². The van der Waals surface area contributed by atoms with Gasteiger partial charge in [-0.05, 0) is 38.5 Å². The third kappa shape index (κ3) is 2.51. The molecule has 1 aromatic rings. The summed E-state index contributed by atoms with van der Waals surface area (Å²) in [6.45, 7) is 4.00. The van der Waals surface area contributed by atoms with Crippen molar-refractivity contribution in [1.29, 1.82) is 0 Å². The van der Waals surface area contributed by atoms with Crippen molar-refractivity contribution in [2.75, 3.05) is 0 Å². The molecule has 2 rings (SSSR count). The third-order valence-corrected chi connectivity index (χ3v) is 3.91. The van der Waals surface area contributed by atoms with Gasteiger partial charge >= 0.3 is 5.97 Å². The van der Waals surface area contributed by atoms with Gasteiger partial charge in [0.05, 0.1) is 11.7 Å². The van der Waals surface area contributed by atoms with Crippen LogP contribution in [0.3, 0.4) is 0 Å². The fourth-order valence-electron chi connectivity index (χ4n) is 2.70. The molecule has 1 fully saturated rings. The molecular formula is C13H20N2O2. The predicted molar refractivity (Wildman–Crippen MR) is 65.2 cm³/mol. The number of rotatable bonds is 3. The second-order valence-corrected chi connectivity index (χ2v) is 5.00. The van der Waals surface area contributed by atoms with Gasteiger partial charge in [-0.25, -0.2) is 4.79 Å². The Morgan fingerprint density at radius 1 is 1.47 bits per heavy atom. The third-order valence-electron chi connectivity index (χ3n) is 3.91. The normalized spacial score (nSPS) is 24.8. The van der Waals surface area contributed by atoms with Crippen molar-refractivity contribution in [3.05, 3.63) is 17.5 Å². The zero-order valence-electron chi connectivity index (χ0n) is 10.5. The number of hydrogen-bond donors (Lipinski definition) is 1. The molecule has 0 atom stereocenters. The highest BCUT2D eigenvalue weighted by molar-refractivity contribution is 5.88. The molecule has 94 valence electrons. The minimum atomic E-state index is -0.879. The minimum Gasteiger partial charge on any atom is -0.478 e. The van der Waals surface area contributed by atoms with E-state index in [0.29, 0.717) is 17.3 Å². The molecule has 0 aromatic carbocycles. The molecule has 4 nitrogen and oxygen atoms in total. The van der Waals surface area contributed by atoms with Crippen molar-refractivity contribution in [2.45, 2.75) is 52.0 Å². The maximum Gasteiger partial charge on any atom is 0.339 e. The molecule has 1 saturated carbocycles. The molecule has 17 heavy (non-hydrogen) atoms. The molecule has 1 heterocycles. The molecule has 0 spiro atoms. The highest BCUT2D eigenvalue weighted by Gasteiger charge is 2.23. The van der Waals surface area contributed by atoms with Crippen LogP contribution in [-0.2, 0) is 0 Å². The minimum absolute atomic E-state index is 0.336. The number of carboxylic acids is 1. The van der Waals surface area contributed by atoms with Gasteiger partial charge in [0.1, 0.15) is 5.56 Å². The summed E-state index contributed by atoms with van der Waals surface area (Å²) in [4.78, 5) is 11.0. The van der Waals surface area contributed by atoms with Gasteiger partial charge in [-0.3, -0.25) is 4.68 Å². The van der Waals surface area contributed by atoms with Crippen molar-refractivity contribution in [1.82, 2.24) is 9.78 Å². The molecule has 0 amide bonds. The fourth-order valence-corrected chi connectivity index (χ4v) is 2.70. The fraction of sp³-hybridized carbons (Fsp3) is 0.692. The van der Waals surface area contributed by atoms with Gasteiger partial charge in [-0.1, -0.05) is 13.3 Å². The van der Waals surface area contributed by atoms with E-state index in [9.17, 15) is 4.79 Å². The highest BCUT2D eigenvalue weighted by atomic mass is 16.4. The molecule has 1 N–H and O–H groups in total. The van der Waals surface area contributed by atoms with E-state index in [4.69, 9.17) is 5.11 Å². The van der Waals surface area contributed by atoms with E-state index in [1.807, 2.05) is 4.68 Å². The van der Waals surface area contributed by atoms with E-state index in [1.54, 1.807) is 13.1 Å². The summed E-state index contributed by atoms with van der Waals surface area (Å²) in [5.41, 5.74) is 0.956. The Morgan fingerprint density at radius 3 is 2.59 bits per heavy atom. The van der Waals surface area contributed by atoms with Crippen LogP contribution in [0.2, 0.25) is 0 Å². The zero-order valence-corrected chi connectivity index (χ0v) is 10.5. The van der Waals surface area contributed by atoms with Crippen molar-refractivity contribution < 1.29 is 9.90 Å². The second kappa shape index (κ2) is 4.90. The maximum atomic E-state index is 11.0. The first-order valence-corrected chi connectivity index (χ1v) is 6.40. The molecule has 1 aromatic heterocycles. The quantitative estimate of drug-likeness (QED) is 0.877. The van der Waals surface area contributed by atoms with Gasteiger partial charge in [-0.2, -0.15) is 5.10 Å². The van der Waals surface area contributed by atoms with Crippen molar-refractivity contribution in [3.63, 3.8) is 0 Å². The smallest absolute Gasteiger partial charge is 0.339 e. The Balaban J connectivity index is 2.08. The maximum absolute atomic E-state index is 11.0. The molecule has 0 aliphatic heterocycles. The largest absolute Gasteiger partial charge is 0.478 e. The zero-order chi connectivity index (χ0) is 12.4. The highest BCUT2D eigenvalue weighted by Crippen LogP contribution is 2.33. The lowest BCUT2D eigenvalue weighted by Gasteiger charge is -2.27. The number of carbonyl (C=O) groups is 1. The van der Waals surface area contributed by atoms with Crippen LogP contribution in [0, 0.1) is 12.8 Å². The number of carboxylic acid groups (broad SMARTS) is 1. The van der Waals surface area contributed by atoms with E-state index in [0.717, 1.165) is 18.8 Å². The number of nitrogens with zero attached hydrogens (tertiary/aromatic N) is 2. The molecule has 1 aliphatic carbocycles.